The van der Waals surface area contributed by atoms with Crippen molar-refractivity contribution in [2.24, 2.45) is 0 Å². The lowest BCUT2D eigenvalue weighted by Crippen LogP contribution is -2.44. The molecule has 1 aromatic carbocycles. The largest absolute Gasteiger partial charge is 0.481 e. The summed E-state index contributed by atoms with van der Waals surface area (Å²) in [5.74, 6) is -0.969. The average molecular weight is 305 g/mol. The van der Waals surface area contributed by atoms with Crippen molar-refractivity contribution in [3.63, 3.8) is 0 Å². The third kappa shape index (κ3) is 4.56. The minimum absolute atomic E-state index is 0.0377. The van der Waals surface area contributed by atoms with Crippen LogP contribution in [0.5, 0.6) is 0 Å². The molecule has 1 amide bonds. The van der Waals surface area contributed by atoms with Crippen LogP contribution in [0.15, 0.2) is 24.3 Å². The molecule has 1 aliphatic rings. The van der Waals surface area contributed by atoms with Gasteiger partial charge in [0.05, 0.1) is 19.1 Å². The molecule has 1 unspecified atom stereocenters. The summed E-state index contributed by atoms with van der Waals surface area (Å²) in [6.07, 6.45) is 1.35. The molecule has 0 bridgehead atoms. The number of carbonyl (C=O) groups excluding carboxylic acids is 1. The van der Waals surface area contributed by atoms with Crippen molar-refractivity contribution in [3.05, 3.63) is 35.4 Å². The molecule has 0 aromatic heterocycles. The Morgan fingerprint density at radius 1 is 1.36 bits per heavy atom. The lowest BCUT2D eigenvalue weighted by Gasteiger charge is -2.29. The number of hydrogen-bond donors (Lipinski definition) is 2. The molecule has 0 saturated carbocycles. The highest BCUT2D eigenvalue weighted by molar-refractivity contribution is 5.77. The SMILES string of the molecule is CC(C)(CCC(=O)O)NC(=O)CC1OCCc2ccccc21. The summed E-state index contributed by atoms with van der Waals surface area (Å²) < 4.78 is 5.73. The molecule has 1 aliphatic heterocycles. The number of nitrogens with one attached hydrogen (secondary N) is 1. The average Bonchev–Trinajstić information content (AvgIpc) is 2.45. The summed E-state index contributed by atoms with van der Waals surface area (Å²) in [4.78, 5) is 22.9. The predicted molar refractivity (Wildman–Crippen MR) is 82.5 cm³/mol. The first kappa shape index (κ1) is 16.5. The minimum Gasteiger partial charge on any atom is -0.481 e. The van der Waals surface area contributed by atoms with Crippen LogP contribution in [0.2, 0.25) is 0 Å². The van der Waals surface area contributed by atoms with Gasteiger partial charge in [0.15, 0.2) is 0 Å². The summed E-state index contributed by atoms with van der Waals surface area (Å²) in [6.45, 7) is 4.30. The van der Waals surface area contributed by atoms with Crippen molar-refractivity contribution < 1.29 is 19.4 Å². The Kier molecular flexibility index (Phi) is 5.19. The zero-order valence-corrected chi connectivity index (χ0v) is 13.1. The van der Waals surface area contributed by atoms with Gasteiger partial charge >= 0.3 is 5.97 Å². The van der Waals surface area contributed by atoms with Crippen molar-refractivity contribution in [1.29, 1.82) is 0 Å². The van der Waals surface area contributed by atoms with E-state index in [0.29, 0.717) is 13.0 Å². The van der Waals surface area contributed by atoms with Crippen LogP contribution in [0, 0.1) is 0 Å². The lowest BCUT2D eigenvalue weighted by atomic mass is 9.94. The summed E-state index contributed by atoms with van der Waals surface area (Å²) in [5.41, 5.74) is 1.77. The van der Waals surface area contributed by atoms with E-state index in [0.717, 1.165) is 12.0 Å². The fraction of sp³-hybridized carbons (Fsp3) is 0.529. The summed E-state index contributed by atoms with van der Waals surface area (Å²) in [7, 11) is 0. The Balaban J connectivity index is 1.94. The van der Waals surface area contributed by atoms with Crippen molar-refractivity contribution in [1.82, 2.24) is 5.32 Å². The van der Waals surface area contributed by atoms with Crippen LogP contribution >= 0.6 is 0 Å². The molecule has 0 spiro atoms. The number of fused-ring (bicyclic) bond motifs is 1. The standard InChI is InChI=1S/C17H23NO4/c1-17(2,9-7-16(20)21)18-15(19)11-14-13-6-4-3-5-12(13)8-10-22-14/h3-6,14H,7-11H2,1-2H3,(H,18,19)(H,20,21). The zero-order chi connectivity index (χ0) is 16.2. The second-order valence-corrected chi connectivity index (χ2v) is 6.34. The van der Waals surface area contributed by atoms with Crippen molar-refractivity contribution in [2.75, 3.05) is 6.61 Å². The smallest absolute Gasteiger partial charge is 0.303 e. The molecule has 0 fully saturated rings. The van der Waals surface area contributed by atoms with Crippen LogP contribution in [0.3, 0.4) is 0 Å². The number of aliphatic carboxylic acids is 1. The van der Waals surface area contributed by atoms with E-state index in [1.807, 2.05) is 32.0 Å². The Bertz CT molecular complexity index is 553. The van der Waals surface area contributed by atoms with E-state index in [1.54, 1.807) is 0 Å². The number of amides is 1. The molecule has 1 aromatic rings. The minimum atomic E-state index is -0.855. The quantitative estimate of drug-likeness (QED) is 0.846. The Morgan fingerprint density at radius 2 is 2.09 bits per heavy atom. The van der Waals surface area contributed by atoms with E-state index in [4.69, 9.17) is 9.84 Å². The summed E-state index contributed by atoms with van der Waals surface area (Å²) in [5, 5.41) is 11.7. The molecule has 1 heterocycles. The maximum atomic E-state index is 12.2. The normalized spacial score (nSPS) is 17.6. The molecule has 2 N–H and O–H groups in total. The van der Waals surface area contributed by atoms with E-state index in [1.165, 1.54) is 5.56 Å². The number of carbonyl (C=O) groups is 2. The fourth-order valence-electron chi connectivity index (χ4n) is 2.72. The van der Waals surface area contributed by atoms with Gasteiger partial charge in [0, 0.05) is 12.0 Å². The van der Waals surface area contributed by atoms with E-state index in [2.05, 4.69) is 11.4 Å². The first-order chi connectivity index (χ1) is 10.4. The van der Waals surface area contributed by atoms with Crippen LogP contribution < -0.4 is 5.32 Å². The molecule has 120 valence electrons. The van der Waals surface area contributed by atoms with Gasteiger partial charge in [-0.3, -0.25) is 9.59 Å². The van der Waals surface area contributed by atoms with Gasteiger partial charge in [0.25, 0.3) is 0 Å². The van der Waals surface area contributed by atoms with Gasteiger partial charge in [-0.15, -0.1) is 0 Å². The third-order valence-corrected chi connectivity index (χ3v) is 3.90. The molecular weight excluding hydrogens is 282 g/mol. The van der Waals surface area contributed by atoms with Gasteiger partial charge < -0.3 is 15.2 Å². The lowest BCUT2D eigenvalue weighted by molar-refractivity contribution is -0.138. The van der Waals surface area contributed by atoms with Gasteiger partial charge in [0.2, 0.25) is 5.91 Å². The zero-order valence-electron chi connectivity index (χ0n) is 13.1. The van der Waals surface area contributed by atoms with Crippen molar-refractivity contribution in [2.45, 2.75) is 51.2 Å². The Hall–Kier alpha value is -1.88. The molecule has 22 heavy (non-hydrogen) atoms. The predicted octanol–water partition coefficient (Wildman–Crippen LogP) is 2.45. The van der Waals surface area contributed by atoms with Crippen LogP contribution in [0.25, 0.3) is 0 Å². The highest BCUT2D eigenvalue weighted by Crippen LogP contribution is 2.29. The molecule has 0 radical (unpaired) electrons. The van der Waals surface area contributed by atoms with Crippen LogP contribution in [-0.2, 0) is 20.7 Å². The number of rotatable bonds is 6. The van der Waals surface area contributed by atoms with Gasteiger partial charge in [-0.25, -0.2) is 0 Å². The number of benzene rings is 1. The fourth-order valence-corrected chi connectivity index (χ4v) is 2.72. The number of carboxylic acids is 1. The Morgan fingerprint density at radius 3 is 2.82 bits per heavy atom. The molecule has 1 atom stereocenters. The second-order valence-electron chi connectivity index (χ2n) is 6.34. The van der Waals surface area contributed by atoms with E-state index in [-0.39, 0.29) is 24.9 Å². The molecule has 2 rings (SSSR count). The van der Waals surface area contributed by atoms with E-state index < -0.39 is 11.5 Å². The van der Waals surface area contributed by atoms with Crippen LogP contribution in [0.4, 0.5) is 0 Å². The second kappa shape index (κ2) is 6.92. The maximum Gasteiger partial charge on any atom is 0.303 e. The van der Waals surface area contributed by atoms with Crippen LogP contribution in [-0.4, -0.2) is 29.1 Å². The van der Waals surface area contributed by atoms with Gasteiger partial charge in [-0.05, 0) is 37.8 Å². The number of hydrogen-bond acceptors (Lipinski definition) is 3. The first-order valence-electron chi connectivity index (χ1n) is 7.59. The highest BCUT2D eigenvalue weighted by Gasteiger charge is 2.26. The third-order valence-electron chi connectivity index (χ3n) is 3.90. The number of ether oxygens (including phenoxy) is 1. The monoisotopic (exact) mass is 305 g/mol. The van der Waals surface area contributed by atoms with Gasteiger partial charge in [0.1, 0.15) is 0 Å². The van der Waals surface area contributed by atoms with Crippen LogP contribution in [0.1, 0.15) is 50.3 Å². The van der Waals surface area contributed by atoms with Crippen molar-refractivity contribution in [3.8, 4) is 0 Å². The summed E-state index contributed by atoms with van der Waals surface area (Å²) >= 11 is 0. The Labute approximate surface area is 130 Å². The van der Waals surface area contributed by atoms with Crippen molar-refractivity contribution >= 4 is 11.9 Å². The van der Waals surface area contributed by atoms with E-state index >= 15 is 0 Å². The number of carboxylic acid groups (broad SMARTS) is 1. The summed E-state index contributed by atoms with van der Waals surface area (Å²) in [6, 6.07) is 8.02. The van der Waals surface area contributed by atoms with Gasteiger partial charge in [-0.1, -0.05) is 24.3 Å². The topological polar surface area (TPSA) is 75.6 Å². The highest BCUT2D eigenvalue weighted by atomic mass is 16.5. The molecule has 0 aliphatic carbocycles. The molecular formula is C17H23NO4. The molecule has 0 saturated heterocycles. The molecule has 5 heteroatoms. The maximum absolute atomic E-state index is 12.2. The molecule has 5 nitrogen and oxygen atoms in total. The van der Waals surface area contributed by atoms with E-state index in [9.17, 15) is 9.59 Å². The van der Waals surface area contributed by atoms with Gasteiger partial charge in [-0.2, -0.15) is 0 Å². The first-order valence-corrected chi connectivity index (χ1v) is 7.59.